The van der Waals surface area contributed by atoms with E-state index < -0.39 is 23.5 Å². The topological polar surface area (TPSA) is 126 Å². The van der Waals surface area contributed by atoms with Crippen molar-refractivity contribution in [3.63, 3.8) is 0 Å². The molecule has 3 aromatic rings. The highest BCUT2D eigenvalue weighted by Gasteiger charge is 2.28. The molecule has 0 atom stereocenters. The molecule has 0 saturated carbocycles. The van der Waals surface area contributed by atoms with Gasteiger partial charge in [-0.1, -0.05) is 12.1 Å². The summed E-state index contributed by atoms with van der Waals surface area (Å²) in [6.07, 6.45) is 3.21. The Balaban J connectivity index is 1.50. The standard InChI is InChI=1S/C23H21FN4O5/c1-12-19-17(25-26-22(30)15-6-3-4-7-16(15)24)8-5-9-18(19)33-20(12)23(31)28-27-21(29)14-10-11-32-13(14)2/h3-4,6-7,10-11H,5,8-9H2,1-2H3,(H,26,30)(H,27,29)(H,28,31)/b25-17+. The Morgan fingerprint density at radius 2 is 1.73 bits per heavy atom. The first-order chi connectivity index (χ1) is 15.9. The summed E-state index contributed by atoms with van der Waals surface area (Å²) >= 11 is 0. The number of fused-ring (bicyclic) bond motifs is 1. The lowest BCUT2D eigenvalue weighted by molar-refractivity contribution is 0.0828. The highest BCUT2D eigenvalue weighted by molar-refractivity contribution is 6.07. The maximum absolute atomic E-state index is 13.8. The molecule has 0 fully saturated rings. The molecule has 9 nitrogen and oxygen atoms in total. The van der Waals surface area contributed by atoms with Crippen LogP contribution in [0.15, 0.2) is 50.5 Å². The summed E-state index contributed by atoms with van der Waals surface area (Å²) in [7, 11) is 0. The zero-order chi connectivity index (χ0) is 23.5. The van der Waals surface area contributed by atoms with Gasteiger partial charge in [0.1, 0.15) is 17.3 Å². The third-order valence-corrected chi connectivity index (χ3v) is 5.34. The van der Waals surface area contributed by atoms with Gasteiger partial charge in [-0.25, -0.2) is 9.82 Å². The summed E-state index contributed by atoms with van der Waals surface area (Å²) in [5.41, 5.74) is 8.88. The predicted octanol–water partition coefficient (Wildman–Crippen LogP) is 3.17. The zero-order valence-corrected chi connectivity index (χ0v) is 18.0. The van der Waals surface area contributed by atoms with Crippen LogP contribution in [0.1, 0.15) is 66.8 Å². The lowest BCUT2D eigenvalue weighted by Gasteiger charge is -2.13. The van der Waals surface area contributed by atoms with Crippen LogP contribution in [-0.4, -0.2) is 23.4 Å². The van der Waals surface area contributed by atoms with Gasteiger partial charge in [-0.2, -0.15) is 5.10 Å². The molecule has 2 heterocycles. The average Bonchev–Trinajstić information content (AvgIpc) is 3.39. The molecule has 1 aromatic carbocycles. The quantitative estimate of drug-likeness (QED) is 0.524. The van der Waals surface area contributed by atoms with E-state index in [-0.39, 0.29) is 11.3 Å². The van der Waals surface area contributed by atoms with E-state index in [4.69, 9.17) is 8.83 Å². The normalized spacial score (nSPS) is 14.0. The third kappa shape index (κ3) is 4.40. The van der Waals surface area contributed by atoms with Crippen molar-refractivity contribution in [1.29, 1.82) is 0 Å². The predicted molar refractivity (Wildman–Crippen MR) is 115 cm³/mol. The van der Waals surface area contributed by atoms with Crippen LogP contribution in [-0.2, 0) is 6.42 Å². The van der Waals surface area contributed by atoms with Gasteiger partial charge in [-0.3, -0.25) is 25.2 Å². The number of hydrazone groups is 1. The number of hydrazine groups is 1. The number of amides is 3. The third-order valence-electron chi connectivity index (χ3n) is 5.34. The number of carbonyl (C=O) groups excluding carboxylic acids is 3. The lowest BCUT2D eigenvalue weighted by Crippen LogP contribution is -2.41. The molecule has 0 radical (unpaired) electrons. The monoisotopic (exact) mass is 452 g/mol. The van der Waals surface area contributed by atoms with Crippen LogP contribution >= 0.6 is 0 Å². The van der Waals surface area contributed by atoms with E-state index in [9.17, 15) is 18.8 Å². The van der Waals surface area contributed by atoms with Gasteiger partial charge in [0.05, 0.1) is 23.1 Å². The molecule has 2 aromatic heterocycles. The molecule has 0 saturated heterocycles. The Labute approximate surface area is 188 Å². The van der Waals surface area contributed by atoms with Crippen LogP contribution in [0.2, 0.25) is 0 Å². The van der Waals surface area contributed by atoms with Crippen molar-refractivity contribution in [2.45, 2.75) is 33.1 Å². The number of nitrogens with one attached hydrogen (secondary N) is 3. The first kappa shape index (κ1) is 22.0. The Hall–Kier alpha value is -4.21. The second-order valence-electron chi connectivity index (χ2n) is 7.49. The maximum atomic E-state index is 13.8. The van der Waals surface area contributed by atoms with Crippen LogP contribution in [0, 0.1) is 19.7 Å². The van der Waals surface area contributed by atoms with E-state index in [1.165, 1.54) is 30.5 Å². The summed E-state index contributed by atoms with van der Waals surface area (Å²) in [4.78, 5) is 37.1. The van der Waals surface area contributed by atoms with E-state index in [0.717, 1.165) is 0 Å². The van der Waals surface area contributed by atoms with Gasteiger partial charge in [0.25, 0.3) is 11.8 Å². The Morgan fingerprint density at radius 1 is 0.970 bits per heavy atom. The van der Waals surface area contributed by atoms with Crippen molar-refractivity contribution in [1.82, 2.24) is 16.3 Å². The number of benzene rings is 1. The fraction of sp³-hybridized carbons (Fsp3) is 0.217. The summed E-state index contributed by atoms with van der Waals surface area (Å²) in [6.45, 7) is 3.33. The molecular weight excluding hydrogens is 431 g/mol. The molecule has 0 aliphatic heterocycles. The van der Waals surface area contributed by atoms with Crippen LogP contribution in [0.25, 0.3) is 0 Å². The molecule has 0 unspecified atom stereocenters. The number of halogens is 1. The zero-order valence-electron chi connectivity index (χ0n) is 18.0. The van der Waals surface area contributed by atoms with Gasteiger partial charge < -0.3 is 8.83 Å². The van der Waals surface area contributed by atoms with Gasteiger partial charge in [0.2, 0.25) is 0 Å². The van der Waals surface area contributed by atoms with Crippen LogP contribution < -0.4 is 16.3 Å². The van der Waals surface area contributed by atoms with Gasteiger partial charge in [0.15, 0.2) is 5.76 Å². The molecule has 1 aliphatic carbocycles. The molecule has 33 heavy (non-hydrogen) atoms. The van der Waals surface area contributed by atoms with Crippen LogP contribution in [0.4, 0.5) is 4.39 Å². The van der Waals surface area contributed by atoms with E-state index >= 15 is 0 Å². The minimum Gasteiger partial charge on any atom is -0.469 e. The van der Waals surface area contributed by atoms with E-state index in [1.807, 2.05) is 0 Å². The number of aryl methyl sites for hydroxylation is 2. The number of furan rings is 2. The van der Waals surface area contributed by atoms with Crippen LogP contribution in [0.5, 0.6) is 0 Å². The fourth-order valence-corrected chi connectivity index (χ4v) is 3.68. The smallest absolute Gasteiger partial charge is 0.305 e. The van der Waals surface area contributed by atoms with Crippen molar-refractivity contribution in [3.8, 4) is 0 Å². The van der Waals surface area contributed by atoms with Crippen molar-refractivity contribution >= 4 is 23.4 Å². The summed E-state index contributed by atoms with van der Waals surface area (Å²) < 4.78 is 24.7. The number of hydrogen-bond donors (Lipinski definition) is 3. The minimum atomic E-state index is -0.677. The summed E-state index contributed by atoms with van der Waals surface area (Å²) in [5.74, 6) is -1.48. The number of carbonyl (C=O) groups is 3. The average molecular weight is 452 g/mol. The second-order valence-corrected chi connectivity index (χ2v) is 7.49. The van der Waals surface area contributed by atoms with Gasteiger partial charge in [0, 0.05) is 17.5 Å². The second kappa shape index (κ2) is 9.11. The molecule has 4 rings (SSSR count). The van der Waals surface area contributed by atoms with Crippen molar-refractivity contribution in [3.05, 3.63) is 81.9 Å². The van der Waals surface area contributed by atoms with Gasteiger partial charge in [-0.15, -0.1) is 0 Å². The molecule has 0 spiro atoms. The van der Waals surface area contributed by atoms with E-state index in [2.05, 4.69) is 21.4 Å². The number of nitrogens with zero attached hydrogens (tertiary/aromatic N) is 1. The Kier molecular flexibility index (Phi) is 6.07. The maximum Gasteiger partial charge on any atom is 0.305 e. The van der Waals surface area contributed by atoms with E-state index in [0.29, 0.717) is 53.2 Å². The number of hydrogen-bond acceptors (Lipinski definition) is 6. The highest BCUT2D eigenvalue weighted by Crippen LogP contribution is 2.29. The molecule has 3 amide bonds. The van der Waals surface area contributed by atoms with Crippen LogP contribution in [0.3, 0.4) is 0 Å². The Bertz CT molecular complexity index is 1270. The first-order valence-electron chi connectivity index (χ1n) is 10.3. The molecular formula is C23H21FN4O5. The minimum absolute atomic E-state index is 0.0271. The SMILES string of the molecule is Cc1occc1C(=O)NNC(=O)c1oc2c(c1C)/C(=N/NC(=O)c1ccccc1F)CCC2. The van der Waals surface area contributed by atoms with Crippen molar-refractivity contribution in [2.75, 3.05) is 0 Å². The number of rotatable bonds is 4. The largest absolute Gasteiger partial charge is 0.469 e. The lowest BCUT2D eigenvalue weighted by atomic mass is 9.93. The van der Waals surface area contributed by atoms with Crippen molar-refractivity contribution in [2.24, 2.45) is 5.10 Å². The van der Waals surface area contributed by atoms with Gasteiger partial charge >= 0.3 is 5.91 Å². The fourth-order valence-electron chi connectivity index (χ4n) is 3.68. The highest BCUT2D eigenvalue weighted by atomic mass is 19.1. The summed E-state index contributed by atoms with van der Waals surface area (Å²) in [6, 6.07) is 7.10. The van der Waals surface area contributed by atoms with Gasteiger partial charge in [-0.05, 0) is 44.9 Å². The summed E-state index contributed by atoms with van der Waals surface area (Å²) in [5, 5.41) is 4.17. The van der Waals surface area contributed by atoms with Crippen molar-refractivity contribution < 1.29 is 27.6 Å². The molecule has 0 bridgehead atoms. The first-order valence-corrected chi connectivity index (χ1v) is 10.3. The molecule has 1 aliphatic rings. The molecule has 10 heteroatoms. The molecule has 170 valence electrons. The molecule has 3 N–H and O–H groups in total. The Morgan fingerprint density at radius 3 is 2.45 bits per heavy atom. The van der Waals surface area contributed by atoms with E-state index in [1.54, 1.807) is 19.9 Å².